The first-order chi connectivity index (χ1) is 9.49. The van der Waals surface area contributed by atoms with Gasteiger partial charge in [-0.05, 0) is 34.0 Å². The third kappa shape index (κ3) is 4.73. The summed E-state index contributed by atoms with van der Waals surface area (Å²) in [5, 5.41) is 9.96. The summed E-state index contributed by atoms with van der Waals surface area (Å²) in [7, 11) is 5.62. The van der Waals surface area contributed by atoms with Crippen molar-refractivity contribution >= 4 is 22.4 Å². The molecule has 6 nitrogen and oxygen atoms in total. The molecule has 0 amide bonds. The number of ether oxygens (including phenoxy) is 1. The van der Waals surface area contributed by atoms with Gasteiger partial charge in [0.2, 0.25) is 0 Å². The van der Waals surface area contributed by atoms with Crippen molar-refractivity contribution in [2.75, 3.05) is 45.7 Å². The van der Waals surface area contributed by atoms with Crippen LogP contribution in [0.25, 0.3) is 0 Å². The molecule has 0 saturated heterocycles. The first-order valence-electron chi connectivity index (χ1n) is 6.61. The Balaban J connectivity index is 2.81. The summed E-state index contributed by atoms with van der Waals surface area (Å²) in [4.78, 5) is 20.1. The fraction of sp³-hybridized carbons (Fsp3) is 0.692. The molecule has 1 heterocycles. The highest BCUT2D eigenvalue weighted by molar-refractivity contribution is 7.17. The van der Waals surface area contributed by atoms with Crippen LogP contribution in [0.2, 0.25) is 0 Å². The number of anilines is 1. The van der Waals surface area contributed by atoms with E-state index in [2.05, 4.69) is 14.8 Å². The summed E-state index contributed by atoms with van der Waals surface area (Å²) >= 11 is 1.22. The number of hydrogen-bond donors (Lipinski definition) is 1. The topological polar surface area (TPSA) is 65.9 Å². The molecule has 0 aliphatic heterocycles. The quantitative estimate of drug-likeness (QED) is 0.750. The van der Waals surface area contributed by atoms with E-state index in [4.69, 9.17) is 4.74 Å². The summed E-state index contributed by atoms with van der Waals surface area (Å²) < 4.78 is 5.01. The van der Waals surface area contributed by atoms with Crippen molar-refractivity contribution in [1.29, 1.82) is 0 Å². The third-order valence-electron chi connectivity index (χ3n) is 2.85. The number of methoxy groups -OCH3 is 1. The fourth-order valence-electron chi connectivity index (χ4n) is 1.84. The highest BCUT2D eigenvalue weighted by atomic mass is 32.1. The van der Waals surface area contributed by atoms with Crippen LogP contribution < -0.4 is 4.90 Å². The minimum atomic E-state index is -0.940. The van der Waals surface area contributed by atoms with E-state index in [0.29, 0.717) is 5.69 Å². The van der Waals surface area contributed by atoms with Gasteiger partial charge in [-0.1, -0.05) is 11.3 Å². The number of rotatable bonds is 9. The van der Waals surface area contributed by atoms with E-state index in [1.807, 2.05) is 21.0 Å². The van der Waals surface area contributed by atoms with Gasteiger partial charge in [-0.3, -0.25) is 0 Å². The van der Waals surface area contributed by atoms with Crippen LogP contribution in [-0.2, 0) is 11.3 Å². The number of hydrogen-bond acceptors (Lipinski definition) is 6. The zero-order chi connectivity index (χ0) is 15.1. The van der Waals surface area contributed by atoms with E-state index in [9.17, 15) is 9.90 Å². The van der Waals surface area contributed by atoms with Gasteiger partial charge in [0.1, 0.15) is 4.88 Å². The Labute approximate surface area is 124 Å². The van der Waals surface area contributed by atoms with Gasteiger partial charge in [-0.2, -0.15) is 0 Å². The van der Waals surface area contributed by atoms with Crippen molar-refractivity contribution < 1.29 is 14.6 Å². The fourth-order valence-corrected chi connectivity index (χ4v) is 2.84. The molecule has 7 heteroatoms. The van der Waals surface area contributed by atoms with E-state index < -0.39 is 5.97 Å². The molecule has 0 saturated carbocycles. The first-order valence-corrected chi connectivity index (χ1v) is 7.42. The Kier molecular flexibility index (Phi) is 6.90. The lowest BCUT2D eigenvalue weighted by atomic mass is 10.3. The predicted molar refractivity (Wildman–Crippen MR) is 80.8 cm³/mol. The van der Waals surface area contributed by atoms with Crippen molar-refractivity contribution in [3.63, 3.8) is 0 Å². The van der Waals surface area contributed by atoms with Gasteiger partial charge in [0.05, 0.1) is 12.3 Å². The monoisotopic (exact) mass is 301 g/mol. The molecular formula is C13H23N3O3S. The van der Waals surface area contributed by atoms with Crippen LogP contribution in [0.15, 0.2) is 0 Å². The summed E-state index contributed by atoms with van der Waals surface area (Å²) in [5.74, 6) is -0.940. The van der Waals surface area contributed by atoms with Crippen molar-refractivity contribution in [2.24, 2.45) is 0 Å². The SMILES string of the molecule is CCN(CCCN(C)C)c1nc(COC)c(C(=O)O)s1. The number of nitrogens with zero attached hydrogens (tertiary/aromatic N) is 3. The van der Waals surface area contributed by atoms with Gasteiger partial charge in [-0.15, -0.1) is 0 Å². The largest absolute Gasteiger partial charge is 0.477 e. The Morgan fingerprint density at radius 3 is 2.60 bits per heavy atom. The highest BCUT2D eigenvalue weighted by Gasteiger charge is 2.19. The van der Waals surface area contributed by atoms with Crippen LogP contribution in [0.1, 0.15) is 28.7 Å². The van der Waals surface area contributed by atoms with Crippen molar-refractivity contribution in [3.05, 3.63) is 10.6 Å². The number of aromatic carboxylic acids is 1. The zero-order valence-corrected chi connectivity index (χ0v) is 13.4. The van der Waals surface area contributed by atoms with E-state index in [-0.39, 0.29) is 11.5 Å². The van der Waals surface area contributed by atoms with Crippen molar-refractivity contribution in [1.82, 2.24) is 9.88 Å². The molecule has 20 heavy (non-hydrogen) atoms. The van der Waals surface area contributed by atoms with Crippen molar-refractivity contribution in [2.45, 2.75) is 20.0 Å². The van der Waals surface area contributed by atoms with E-state index in [1.54, 1.807) is 7.11 Å². The number of carbonyl (C=O) groups is 1. The zero-order valence-electron chi connectivity index (χ0n) is 12.5. The standard InChI is InChI=1S/C13H23N3O3S/c1-5-16(8-6-7-15(2)3)13-14-10(9-19-4)11(20-13)12(17)18/h5-9H2,1-4H3,(H,17,18). The third-order valence-corrected chi connectivity index (χ3v) is 3.99. The van der Waals surface area contributed by atoms with Gasteiger partial charge in [0.25, 0.3) is 0 Å². The smallest absolute Gasteiger partial charge is 0.347 e. The lowest BCUT2D eigenvalue weighted by Gasteiger charge is -2.20. The van der Waals surface area contributed by atoms with E-state index in [0.717, 1.165) is 31.2 Å². The number of carboxylic acids is 1. The lowest BCUT2D eigenvalue weighted by molar-refractivity contribution is 0.0697. The molecule has 1 rings (SSSR count). The Morgan fingerprint density at radius 2 is 2.10 bits per heavy atom. The molecule has 0 fully saturated rings. The summed E-state index contributed by atoms with van der Waals surface area (Å²) in [6.45, 7) is 4.96. The molecule has 0 aliphatic carbocycles. The van der Waals surface area contributed by atoms with Crippen LogP contribution in [0.3, 0.4) is 0 Å². The van der Waals surface area contributed by atoms with Crippen LogP contribution in [0.5, 0.6) is 0 Å². The average molecular weight is 301 g/mol. The Morgan fingerprint density at radius 1 is 1.40 bits per heavy atom. The van der Waals surface area contributed by atoms with Gasteiger partial charge in [-0.25, -0.2) is 9.78 Å². The molecule has 0 atom stereocenters. The minimum Gasteiger partial charge on any atom is -0.477 e. The summed E-state index contributed by atoms with van der Waals surface area (Å²) in [6, 6.07) is 0. The van der Waals surface area contributed by atoms with Crippen molar-refractivity contribution in [3.8, 4) is 0 Å². The summed E-state index contributed by atoms with van der Waals surface area (Å²) in [6.07, 6.45) is 1.02. The molecule has 0 radical (unpaired) electrons. The van der Waals surface area contributed by atoms with Crippen LogP contribution in [0.4, 0.5) is 5.13 Å². The van der Waals surface area contributed by atoms with E-state index >= 15 is 0 Å². The predicted octanol–water partition coefficient (Wildman–Crippen LogP) is 1.77. The van der Waals surface area contributed by atoms with Gasteiger partial charge >= 0.3 is 5.97 Å². The second kappa shape index (κ2) is 8.18. The van der Waals surface area contributed by atoms with Gasteiger partial charge in [0.15, 0.2) is 5.13 Å². The molecule has 0 aliphatic rings. The number of thiazole rings is 1. The lowest BCUT2D eigenvalue weighted by Crippen LogP contribution is -2.26. The minimum absolute atomic E-state index is 0.230. The highest BCUT2D eigenvalue weighted by Crippen LogP contribution is 2.27. The normalized spacial score (nSPS) is 11.1. The molecule has 0 bridgehead atoms. The Bertz CT molecular complexity index is 434. The summed E-state index contributed by atoms with van der Waals surface area (Å²) in [5.41, 5.74) is 0.506. The molecule has 1 aromatic heterocycles. The average Bonchev–Trinajstić information content (AvgIpc) is 2.79. The molecule has 0 aromatic carbocycles. The first kappa shape index (κ1) is 16.9. The van der Waals surface area contributed by atoms with Crippen LogP contribution in [0, 0.1) is 0 Å². The second-order valence-corrected chi connectivity index (χ2v) is 5.72. The maximum absolute atomic E-state index is 11.2. The second-order valence-electron chi connectivity index (χ2n) is 4.75. The van der Waals surface area contributed by atoms with Gasteiger partial charge in [0, 0.05) is 20.2 Å². The maximum atomic E-state index is 11.2. The molecule has 0 spiro atoms. The van der Waals surface area contributed by atoms with Crippen LogP contribution in [-0.4, -0.2) is 61.8 Å². The number of carboxylic acid groups (broad SMARTS) is 1. The molecule has 0 unspecified atom stereocenters. The molecule has 1 aromatic rings. The molecule has 1 N–H and O–H groups in total. The van der Waals surface area contributed by atoms with E-state index in [1.165, 1.54) is 11.3 Å². The molecule has 114 valence electrons. The number of aromatic nitrogens is 1. The van der Waals surface area contributed by atoms with Gasteiger partial charge < -0.3 is 19.6 Å². The Hall–Kier alpha value is -1.18. The van der Waals surface area contributed by atoms with Crippen LogP contribution >= 0.6 is 11.3 Å². The maximum Gasteiger partial charge on any atom is 0.347 e. The molecular weight excluding hydrogens is 278 g/mol.